The molecule has 0 aromatic heterocycles. The molecule has 0 unspecified atom stereocenters. The molecular formula is C64H56N4. The molecule has 0 amide bonds. The molecule has 1 aliphatic rings. The van der Waals surface area contributed by atoms with E-state index in [2.05, 4.69) is 302 Å². The van der Waals surface area contributed by atoms with Gasteiger partial charge in [-0.3, -0.25) is 0 Å². The highest BCUT2D eigenvalue weighted by atomic mass is 15.4. The van der Waals surface area contributed by atoms with E-state index in [9.17, 15) is 0 Å². The zero-order valence-electron chi connectivity index (χ0n) is 39.2. The third-order valence-electron chi connectivity index (χ3n) is 12.8. The van der Waals surface area contributed by atoms with Gasteiger partial charge in [0.15, 0.2) is 0 Å². The molecule has 68 heavy (non-hydrogen) atoms. The van der Waals surface area contributed by atoms with Crippen molar-refractivity contribution in [2.45, 2.75) is 39.8 Å². The van der Waals surface area contributed by atoms with Crippen LogP contribution < -0.4 is 19.6 Å². The number of allylic oxidation sites excluding steroid dienone is 2. The predicted octanol–water partition coefficient (Wildman–Crippen LogP) is 17.6. The van der Waals surface area contributed by atoms with Gasteiger partial charge in [-0.1, -0.05) is 127 Å². The molecule has 332 valence electrons. The Balaban J connectivity index is 1.15. The van der Waals surface area contributed by atoms with Crippen LogP contribution in [-0.2, 0) is 0 Å². The smallest absolute Gasteiger partial charge is 0.145 e. The molecule has 0 N–H and O–H groups in total. The first-order valence-corrected chi connectivity index (χ1v) is 23.6. The van der Waals surface area contributed by atoms with Crippen molar-refractivity contribution in [2.24, 2.45) is 0 Å². The van der Waals surface area contributed by atoms with Crippen LogP contribution in [0.5, 0.6) is 0 Å². The zero-order valence-corrected chi connectivity index (χ0v) is 39.2. The molecule has 0 spiro atoms. The summed E-state index contributed by atoms with van der Waals surface area (Å²) in [6, 6.07) is 85.7. The number of benzene rings is 9. The van der Waals surface area contributed by atoms with Crippen LogP contribution in [0.2, 0.25) is 0 Å². The first-order valence-electron chi connectivity index (χ1n) is 23.6. The Labute approximate surface area is 402 Å². The van der Waals surface area contributed by atoms with Crippen molar-refractivity contribution in [3.63, 3.8) is 0 Å². The van der Waals surface area contributed by atoms with Gasteiger partial charge >= 0.3 is 0 Å². The topological polar surface area (TPSA) is 13.0 Å². The average molecular weight is 881 g/mol. The van der Waals surface area contributed by atoms with Crippen molar-refractivity contribution in [3.8, 4) is 0 Å². The number of anilines is 10. The van der Waals surface area contributed by atoms with E-state index in [1.165, 1.54) is 33.4 Å². The molecule has 1 aliphatic carbocycles. The molecule has 9 aromatic carbocycles. The van der Waals surface area contributed by atoms with Gasteiger partial charge in [0.2, 0.25) is 0 Å². The highest BCUT2D eigenvalue weighted by molar-refractivity contribution is 5.85. The Morgan fingerprint density at radius 1 is 0.309 bits per heavy atom. The summed E-state index contributed by atoms with van der Waals surface area (Å²) in [6.45, 7) is 8.63. The Morgan fingerprint density at radius 3 is 0.941 bits per heavy atom. The fourth-order valence-corrected chi connectivity index (χ4v) is 9.71. The van der Waals surface area contributed by atoms with Gasteiger partial charge in [-0.15, -0.1) is 0 Å². The van der Waals surface area contributed by atoms with Crippen molar-refractivity contribution in [2.75, 3.05) is 19.6 Å². The molecule has 0 radical (unpaired) electrons. The van der Waals surface area contributed by atoms with Crippen molar-refractivity contribution < 1.29 is 0 Å². The minimum absolute atomic E-state index is 0.679. The number of hydrogen-bond acceptors (Lipinski definition) is 4. The van der Waals surface area contributed by atoms with Gasteiger partial charge in [0, 0.05) is 63.3 Å². The lowest BCUT2D eigenvalue weighted by Crippen LogP contribution is -2.57. The van der Waals surface area contributed by atoms with Crippen LogP contribution in [-0.4, -0.2) is 5.66 Å². The minimum atomic E-state index is -0.760. The molecule has 0 fully saturated rings. The quantitative estimate of drug-likeness (QED) is 0.107. The average Bonchev–Trinajstić information content (AvgIpc) is 3.37. The number of aryl methyl sites for hydroxylation is 4. The predicted molar refractivity (Wildman–Crippen MR) is 289 cm³/mol. The zero-order chi connectivity index (χ0) is 46.5. The van der Waals surface area contributed by atoms with Gasteiger partial charge in [0.1, 0.15) is 5.66 Å². The summed E-state index contributed by atoms with van der Waals surface area (Å²) < 4.78 is 0. The van der Waals surface area contributed by atoms with Gasteiger partial charge in [0.05, 0.1) is 0 Å². The maximum atomic E-state index is 2.53. The maximum Gasteiger partial charge on any atom is 0.145 e. The molecule has 9 aromatic rings. The van der Waals surface area contributed by atoms with Crippen LogP contribution in [0.1, 0.15) is 34.2 Å². The number of hydrogen-bond donors (Lipinski definition) is 0. The fraction of sp³-hybridized carbons (Fsp3) is 0.0938. The fourth-order valence-electron chi connectivity index (χ4n) is 9.71. The largest absolute Gasteiger partial charge is 0.314 e. The van der Waals surface area contributed by atoms with Gasteiger partial charge < -0.3 is 19.6 Å². The van der Waals surface area contributed by atoms with Crippen LogP contribution in [0, 0.1) is 27.7 Å². The molecule has 10 rings (SSSR count). The Morgan fingerprint density at radius 2 is 0.618 bits per heavy atom. The molecule has 4 nitrogen and oxygen atoms in total. The third kappa shape index (κ3) is 8.97. The van der Waals surface area contributed by atoms with Crippen molar-refractivity contribution in [1.29, 1.82) is 0 Å². The van der Waals surface area contributed by atoms with E-state index in [4.69, 9.17) is 0 Å². The molecule has 0 bridgehead atoms. The Kier molecular flexibility index (Phi) is 12.3. The normalized spacial score (nSPS) is 12.8. The number of para-hydroxylation sites is 2. The highest BCUT2D eigenvalue weighted by Gasteiger charge is 2.43. The van der Waals surface area contributed by atoms with E-state index in [1.54, 1.807) is 0 Å². The summed E-state index contributed by atoms with van der Waals surface area (Å²) in [6.07, 6.45) is 7.84. The van der Waals surface area contributed by atoms with Crippen LogP contribution in [0.4, 0.5) is 56.9 Å². The van der Waals surface area contributed by atoms with Crippen LogP contribution in [0.15, 0.2) is 255 Å². The summed E-state index contributed by atoms with van der Waals surface area (Å²) in [4.78, 5) is 9.77. The second-order valence-electron chi connectivity index (χ2n) is 17.8. The molecule has 0 heterocycles. The molecule has 4 heteroatoms. The monoisotopic (exact) mass is 880 g/mol. The van der Waals surface area contributed by atoms with E-state index in [1.807, 2.05) is 0 Å². The number of rotatable bonds is 13. The molecule has 0 saturated heterocycles. The van der Waals surface area contributed by atoms with Crippen LogP contribution in [0.3, 0.4) is 0 Å². The van der Waals surface area contributed by atoms with E-state index in [-0.39, 0.29) is 0 Å². The van der Waals surface area contributed by atoms with Crippen molar-refractivity contribution >= 4 is 62.4 Å². The highest BCUT2D eigenvalue weighted by Crippen LogP contribution is 2.49. The SMILES string of the molecule is Cc1cccc(N(c2ccc(N(c3ccccc3)C3(N(c4ccccc4)c4ccc(N(c5cccc(C)c5)c5cccc(C)c5)cc4)C=CC(c4ccccc4)=CC3)cc2)c2cccc(C)c2)c1. The second kappa shape index (κ2) is 19.2. The second-order valence-corrected chi connectivity index (χ2v) is 17.8. The molecule has 0 saturated carbocycles. The van der Waals surface area contributed by atoms with Crippen molar-refractivity contribution in [3.05, 3.63) is 283 Å². The maximum absolute atomic E-state index is 2.53. The van der Waals surface area contributed by atoms with E-state index < -0.39 is 5.66 Å². The van der Waals surface area contributed by atoms with Gasteiger partial charge in [0.25, 0.3) is 0 Å². The molecular weight excluding hydrogens is 825 g/mol. The summed E-state index contributed by atoms with van der Waals surface area (Å²) >= 11 is 0. The first kappa shape index (κ1) is 43.5. The minimum Gasteiger partial charge on any atom is -0.314 e. The van der Waals surface area contributed by atoms with E-state index in [0.717, 1.165) is 56.9 Å². The lowest BCUT2D eigenvalue weighted by atomic mass is 9.88. The van der Waals surface area contributed by atoms with Gasteiger partial charge in [-0.05, 0) is 188 Å². The Bertz CT molecular complexity index is 2920. The van der Waals surface area contributed by atoms with Crippen LogP contribution in [0.25, 0.3) is 5.57 Å². The summed E-state index contributed by atoms with van der Waals surface area (Å²) in [7, 11) is 0. The molecule has 0 atom stereocenters. The van der Waals surface area contributed by atoms with Gasteiger partial charge in [-0.25, -0.2) is 0 Å². The summed E-state index contributed by atoms with van der Waals surface area (Å²) in [5.41, 5.74) is 17.4. The standard InChI is InChI=1S/C64H56N4/c1-48-18-14-28-60(44-48)65(61-29-15-19-49(2)45-61)54-32-36-58(37-33-54)67(56-24-10-6-11-25-56)64(42-40-53(41-43-64)52-22-8-5-9-23-52)68(57-26-12-7-13-27-57)59-38-34-55(35-39-59)66(62-30-16-20-50(3)46-62)63-31-17-21-51(4)47-63/h5-42,44-47H,43H2,1-4H3. The first-order chi connectivity index (χ1) is 33.3. The third-order valence-corrected chi connectivity index (χ3v) is 12.8. The Hall–Kier alpha value is -8.34. The summed E-state index contributed by atoms with van der Waals surface area (Å²) in [5, 5.41) is 0. The van der Waals surface area contributed by atoms with Crippen molar-refractivity contribution in [1.82, 2.24) is 0 Å². The summed E-state index contributed by atoms with van der Waals surface area (Å²) in [5.74, 6) is 0. The van der Waals surface area contributed by atoms with Crippen LogP contribution >= 0.6 is 0 Å². The molecule has 0 aliphatic heterocycles. The lowest BCUT2D eigenvalue weighted by molar-refractivity contribution is 0.526. The van der Waals surface area contributed by atoms with E-state index in [0.29, 0.717) is 6.42 Å². The number of nitrogens with zero attached hydrogens (tertiary/aromatic N) is 4. The van der Waals surface area contributed by atoms with Gasteiger partial charge in [-0.2, -0.15) is 0 Å². The van der Waals surface area contributed by atoms with E-state index >= 15 is 0 Å². The lowest BCUT2D eigenvalue weighted by Gasteiger charge is -2.52.